The van der Waals surface area contributed by atoms with E-state index in [2.05, 4.69) is 21.2 Å². The maximum absolute atomic E-state index is 12.1. The molecule has 0 fully saturated rings. The van der Waals surface area contributed by atoms with Crippen LogP contribution in [0.1, 0.15) is 16.1 Å². The molecule has 2 aromatic rings. The Hall–Kier alpha value is -2.78. The number of ether oxygens (including phenoxy) is 2. The minimum atomic E-state index is -0.661. The van der Waals surface area contributed by atoms with Crippen molar-refractivity contribution in [3.8, 4) is 11.5 Å². The Morgan fingerprint density at radius 3 is 2.67 bits per heavy atom. The highest BCUT2D eigenvalue weighted by Crippen LogP contribution is 2.33. The molecule has 0 aliphatic carbocycles. The van der Waals surface area contributed by atoms with Crippen molar-refractivity contribution in [1.29, 1.82) is 0 Å². The molecule has 0 atom stereocenters. The predicted molar refractivity (Wildman–Crippen MR) is 86.7 cm³/mol. The van der Waals surface area contributed by atoms with Gasteiger partial charge in [0.25, 0.3) is 11.8 Å². The van der Waals surface area contributed by atoms with Gasteiger partial charge in [0.15, 0.2) is 21.9 Å². The predicted octanol–water partition coefficient (Wildman–Crippen LogP) is 1.53. The molecule has 0 spiro atoms. The van der Waals surface area contributed by atoms with Gasteiger partial charge in [-0.25, -0.2) is 5.84 Å². The molecule has 1 aliphatic heterocycles. The number of nitrogens with one attached hydrogen (secondary N) is 2. The Kier molecular flexibility index (Phi) is 4.54. The maximum Gasteiger partial charge on any atom is 0.291 e. The van der Waals surface area contributed by atoms with Gasteiger partial charge in [0.05, 0.1) is 0 Å². The fourth-order valence-corrected chi connectivity index (χ4v) is 2.33. The van der Waals surface area contributed by atoms with Crippen LogP contribution in [0, 0.1) is 0 Å². The number of fused-ring (bicyclic) bond motifs is 1. The SMILES string of the molecule is NNC(=O)/C(=C/c1ccc2c(c1)OCO2)NC(=O)c1ccc(Br)o1. The van der Waals surface area contributed by atoms with Crippen LogP contribution in [-0.2, 0) is 4.79 Å². The van der Waals surface area contributed by atoms with Crippen LogP contribution >= 0.6 is 15.9 Å². The molecule has 0 unspecified atom stereocenters. The van der Waals surface area contributed by atoms with Gasteiger partial charge in [0, 0.05) is 0 Å². The quantitative estimate of drug-likeness (QED) is 0.314. The Labute approximate surface area is 144 Å². The number of rotatable bonds is 4. The fourth-order valence-electron chi connectivity index (χ4n) is 2.03. The third-order valence-electron chi connectivity index (χ3n) is 3.13. The third kappa shape index (κ3) is 3.42. The van der Waals surface area contributed by atoms with E-state index in [-0.39, 0.29) is 18.3 Å². The van der Waals surface area contributed by atoms with Crippen LogP contribution < -0.4 is 26.1 Å². The first kappa shape index (κ1) is 16.1. The summed E-state index contributed by atoms with van der Waals surface area (Å²) in [7, 11) is 0. The normalized spacial score (nSPS) is 12.8. The highest BCUT2D eigenvalue weighted by Gasteiger charge is 2.18. The molecule has 24 heavy (non-hydrogen) atoms. The first-order chi connectivity index (χ1) is 11.6. The summed E-state index contributed by atoms with van der Waals surface area (Å²) in [6, 6.07) is 8.14. The molecular weight excluding hydrogens is 382 g/mol. The average Bonchev–Trinajstić information content (AvgIpc) is 3.21. The van der Waals surface area contributed by atoms with Gasteiger partial charge in [-0.15, -0.1) is 0 Å². The van der Waals surface area contributed by atoms with Crippen molar-refractivity contribution < 1.29 is 23.5 Å². The lowest BCUT2D eigenvalue weighted by Crippen LogP contribution is -2.38. The molecule has 124 valence electrons. The minimum Gasteiger partial charge on any atom is -0.454 e. The Balaban J connectivity index is 1.86. The molecule has 1 aromatic carbocycles. The Morgan fingerprint density at radius 1 is 1.17 bits per heavy atom. The molecule has 2 heterocycles. The zero-order valence-electron chi connectivity index (χ0n) is 12.2. The summed E-state index contributed by atoms with van der Waals surface area (Å²) in [5.41, 5.74) is 2.56. The van der Waals surface area contributed by atoms with E-state index in [1.54, 1.807) is 24.3 Å². The maximum atomic E-state index is 12.1. The number of carbonyl (C=O) groups excluding carboxylic acids is 2. The molecule has 4 N–H and O–H groups in total. The second-order valence-electron chi connectivity index (χ2n) is 4.70. The summed E-state index contributed by atoms with van der Waals surface area (Å²) in [5, 5.41) is 2.46. The zero-order valence-corrected chi connectivity index (χ0v) is 13.8. The summed E-state index contributed by atoms with van der Waals surface area (Å²) in [5.74, 6) is 5.13. The third-order valence-corrected chi connectivity index (χ3v) is 3.55. The zero-order chi connectivity index (χ0) is 17.1. The first-order valence-corrected chi connectivity index (χ1v) is 7.55. The van der Waals surface area contributed by atoms with Crippen molar-refractivity contribution >= 4 is 33.8 Å². The minimum absolute atomic E-state index is 0.0447. The van der Waals surface area contributed by atoms with Crippen molar-refractivity contribution in [2.24, 2.45) is 5.84 Å². The van der Waals surface area contributed by atoms with Crippen molar-refractivity contribution in [2.45, 2.75) is 0 Å². The fraction of sp³-hybridized carbons (Fsp3) is 0.0667. The number of carbonyl (C=O) groups is 2. The van der Waals surface area contributed by atoms with E-state index in [0.29, 0.717) is 21.7 Å². The number of hydrogen-bond donors (Lipinski definition) is 3. The summed E-state index contributed by atoms with van der Waals surface area (Å²) in [4.78, 5) is 24.0. The highest BCUT2D eigenvalue weighted by molar-refractivity contribution is 9.10. The first-order valence-electron chi connectivity index (χ1n) is 6.76. The average molecular weight is 394 g/mol. The standard InChI is InChI=1S/C15H12BrN3O5/c16-13-4-3-11(24-13)15(21)18-9(14(20)19-17)5-8-1-2-10-12(6-8)23-7-22-10/h1-6H,7,17H2,(H,18,21)(H,19,20)/b9-5-. The van der Waals surface area contributed by atoms with Crippen LogP contribution in [0.3, 0.4) is 0 Å². The number of halogens is 1. The van der Waals surface area contributed by atoms with E-state index < -0.39 is 11.8 Å². The van der Waals surface area contributed by atoms with E-state index in [9.17, 15) is 9.59 Å². The summed E-state index contributed by atoms with van der Waals surface area (Å²) >= 11 is 3.11. The van der Waals surface area contributed by atoms with E-state index in [0.717, 1.165) is 0 Å². The monoisotopic (exact) mass is 393 g/mol. The largest absolute Gasteiger partial charge is 0.454 e. The highest BCUT2D eigenvalue weighted by atomic mass is 79.9. The van der Waals surface area contributed by atoms with Gasteiger partial charge in [-0.1, -0.05) is 6.07 Å². The lowest BCUT2D eigenvalue weighted by molar-refractivity contribution is -0.117. The van der Waals surface area contributed by atoms with Gasteiger partial charge in [-0.05, 0) is 51.8 Å². The molecule has 0 radical (unpaired) electrons. The van der Waals surface area contributed by atoms with E-state index in [1.807, 2.05) is 5.43 Å². The van der Waals surface area contributed by atoms with Gasteiger partial charge < -0.3 is 19.2 Å². The van der Waals surface area contributed by atoms with Crippen LogP contribution in [0.15, 0.2) is 45.1 Å². The van der Waals surface area contributed by atoms with Crippen LogP contribution in [0.5, 0.6) is 11.5 Å². The topological polar surface area (TPSA) is 116 Å². The summed E-state index contributed by atoms with van der Waals surface area (Å²) < 4.78 is 16.0. The molecule has 0 bridgehead atoms. The summed E-state index contributed by atoms with van der Waals surface area (Å²) in [6.45, 7) is 0.142. The number of amides is 2. The molecule has 9 heteroatoms. The Morgan fingerprint density at radius 2 is 1.96 bits per heavy atom. The van der Waals surface area contributed by atoms with Crippen LogP contribution in [0.2, 0.25) is 0 Å². The lowest BCUT2D eigenvalue weighted by Gasteiger charge is -2.08. The lowest BCUT2D eigenvalue weighted by atomic mass is 10.1. The molecule has 1 aromatic heterocycles. The molecule has 3 rings (SSSR count). The van der Waals surface area contributed by atoms with Crippen molar-refractivity contribution in [2.75, 3.05) is 6.79 Å². The molecule has 8 nitrogen and oxygen atoms in total. The van der Waals surface area contributed by atoms with Gasteiger partial charge in [-0.2, -0.15) is 0 Å². The van der Waals surface area contributed by atoms with Crippen LogP contribution in [0.4, 0.5) is 0 Å². The van der Waals surface area contributed by atoms with Gasteiger partial charge in [0.2, 0.25) is 6.79 Å². The van der Waals surface area contributed by atoms with E-state index >= 15 is 0 Å². The van der Waals surface area contributed by atoms with Crippen LogP contribution in [-0.4, -0.2) is 18.6 Å². The molecule has 0 saturated carbocycles. The summed E-state index contributed by atoms with van der Waals surface area (Å²) in [6.07, 6.45) is 1.46. The second kappa shape index (κ2) is 6.77. The second-order valence-corrected chi connectivity index (χ2v) is 5.48. The molecule has 2 amide bonds. The number of hydrogen-bond acceptors (Lipinski definition) is 6. The van der Waals surface area contributed by atoms with Crippen molar-refractivity contribution in [3.05, 3.63) is 52.0 Å². The number of benzene rings is 1. The van der Waals surface area contributed by atoms with Gasteiger partial charge in [-0.3, -0.25) is 15.0 Å². The van der Waals surface area contributed by atoms with E-state index in [1.165, 1.54) is 12.1 Å². The Bertz CT molecular complexity index is 830. The molecular formula is C15H12BrN3O5. The number of nitrogens with two attached hydrogens (primary N) is 1. The molecule has 0 saturated heterocycles. The van der Waals surface area contributed by atoms with Crippen molar-refractivity contribution in [1.82, 2.24) is 10.7 Å². The number of hydrazine groups is 1. The number of furan rings is 1. The van der Waals surface area contributed by atoms with E-state index in [4.69, 9.17) is 19.7 Å². The van der Waals surface area contributed by atoms with Crippen LogP contribution in [0.25, 0.3) is 6.08 Å². The van der Waals surface area contributed by atoms with Gasteiger partial charge in [0.1, 0.15) is 5.70 Å². The smallest absolute Gasteiger partial charge is 0.291 e. The van der Waals surface area contributed by atoms with Crippen molar-refractivity contribution in [3.63, 3.8) is 0 Å². The molecule has 1 aliphatic rings. The van der Waals surface area contributed by atoms with Gasteiger partial charge >= 0.3 is 0 Å².